The molecule has 0 fully saturated rings. The Bertz CT molecular complexity index is 1510. The summed E-state index contributed by atoms with van der Waals surface area (Å²) in [4.78, 5) is 9.31. The Morgan fingerprint density at radius 2 is 1.71 bits per heavy atom. The molecule has 0 saturated carbocycles. The fourth-order valence-electron chi connectivity index (χ4n) is 3.57. The monoisotopic (exact) mass is 426 g/mol. The molecule has 0 radical (unpaired) electrons. The van der Waals surface area contributed by atoms with Gasteiger partial charge in [0.05, 0.1) is 35.0 Å². The molecule has 2 aromatic carbocycles. The van der Waals surface area contributed by atoms with Gasteiger partial charge >= 0.3 is 0 Å². The molecule has 6 rings (SSSR count). The molecule has 0 saturated heterocycles. The summed E-state index contributed by atoms with van der Waals surface area (Å²) >= 11 is 5.94. The van der Waals surface area contributed by atoms with Gasteiger partial charge in [0, 0.05) is 11.8 Å². The Morgan fingerprint density at radius 3 is 2.48 bits per heavy atom. The highest BCUT2D eigenvalue weighted by Gasteiger charge is 2.14. The first-order valence-electron chi connectivity index (χ1n) is 9.66. The van der Waals surface area contributed by atoms with Gasteiger partial charge in [0.1, 0.15) is 6.33 Å². The Labute approximate surface area is 181 Å². The van der Waals surface area contributed by atoms with Crippen molar-refractivity contribution in [1.29, 1.82) is 0 Å². The first-order valence-corrected chi connectivity index (χ1v) is 10.0. The van der Waals surface area contributed by atoms with Crippen LogP contribution >= 0.6 is 11.6 Å². The smallest absolute Gasteiger partial charge is 0.182 e. The van der Waals surface area contributed by atoms with E-state index in [1.807, 2.05) is 54.6 Å². The summed E-state index contributed by atoms with van der Waals surface area (Å²) in [5.74, 6) is 0.635. The van der Waals surface area contributed by atoms with E-state index < -0.39 is 0 Å². The summed E-state index contributed by atoms with van der Waals surface area (Å²) in [5, 5.41) is 14.8. The average molecular weight is 427 g/mol. The maximum Gasteiger partial charge on any atom is 0.182 e. The molecule has 0 aliphatic rings. The van der Waals surface area contributed by atoms with Crippen molar-refractivity contribution < 1.29 is 0 Å². The molecule has 0 bridgehead atoms. The quantitative estimate of drug-likeness (QED) is 0.425. The summed E-state index contributed by atoms with van der Waals surface area (Å²) in [6.07, 6.45) is 6.88. The minimum atomic E-state index is 0.626. The van der Waals surface area contributed by atoms with Crippen molar-refractivity contribution in [3.05, 3.63) is 90.1 Å². The second-order valence-corrected chi connectivity index (χ2v) is 7.57. The highest BCUT2D eigenvalue weighted by molar-refractivity contribution is 6.30. The number of hydrogen-bond donors (Lipinski definition) is 0. The van der Waals surface area contributed by atoms with E-state index in [1.54, 1.807) is 38.8 Å². The molecular formula is C22H15ClN8. The van der Waals surface area contributed by atoms with Crippen molar-refractivity contribution in [2.45, 2.75) is 6.54 Å². The molecule has 8 nitrogen and oxygen atoms in total. The van der Waals surface area contributed by atoms with Gasteiger partial charge in [0.25, 0.3) is 0 Å². The predicted molar refractivity (Wildman–Crippen MR) is 117 cm³/mol. The van der Waals surface area contributed by atoms with Crippen LogP contribution in [0.2, 0.25) is 5.02 Å². The number of benzene rings is 2. The van der Waals surface area contributed by atoms with Crippen LogP contribution in [0.1, 0.15) is 5.56 Å². The van der Waals surface area contributed by atoms with E-state index in [0.717, 1.165) is 33.5 Å². The molecule has 4 heterocycles. The van der Waals surface area contributed by atoms with Crippen LogP contribution in [0.15, 0.2) is 79.5 Å². The van der Waals surface area contributed by atoms with Crippen LogP contribution in [0.4, 0.5) is 0 Å². The van der Waals surface area contributed by atoms with Crippen molar-refractivity contribution in [3.8, 4) is 17.1 Å². The average Bonchev–Trinajstić information content (AvgIpc) is 3.52. The molecule has 31 heavy (non-hydrogen) atoms. The van der Waals surface area contributed by atoms with Crippen LogP contribution in [0.3, 0.4) is 0 Å². The van der Waals surface area contributed by atoms with Gasteiger partial charge in [-0.25, -0.2) is 19.2 Å². The van der Waals surface area contributed by atoms with Gasteiger partial charge < -0.3 is 0 Å². The highest BCUT2D eigenvalue weighted by atomic mass is 35.5. The third-order valence-electron chi connectivity index (χ3n) is 5.06. The number of hydrogen-bond acceptors (Lipinski definition) is 5. The van der Waals surface area contributed by atoms with E-state index in [4.69, 9.17) is 16.6 Å². The van der Waals surface area contributed by atoms with Crippen LogP contribution < -0.4 is 0 Å². The second-order valence-electron chi connectivity index (χ2n) is 7.13. The zero-order valence-electron chi connectivity index (χ0n) is 16.2. The zero-order valence-corrected chi connectivity index (χ0v) is 16.9. The standard InChI is InChI=1S/C22H15ClN8/c23-17-10-25-29(13-17)12-15-6-8-16(9-7-15)20-27-22-19-11-26-31(18-4-2-1-3-5-18)21(19)24-14-30(22)28-20/h1-11,13-14H,12H2. The normalized spacial score (nSPS) is 11.5. The number of nitrogens with zero attached hydrogens (tertiary/aromatic N) is 8. The van der Waals surface area contributed by atoms with Gasteiger partial charge in [-0.2, -0.15) is 10.2 Å². The van der Waals surface area contributed by atoms with E-state index in [2.05, 4.69) is 20.3 Å². The van der Waals surface area contributed by atoms with Gasteiger partial charge in [0.2, 0.25) is 0 Å². The maximum absolute atomic E-state index is 5.94. The minimum absolute atomic E-state index is 0.626. The molecule has 9 heteroatoms. The van der Waals surface area contributed by atoms with E-state index in [0.29, 0.717) is 17.4 Å². The van der Waals surface area contributed by atoms with Crippen molar-refractivity contribution >= 4 is 28.3 Å². The molecule has 0 aliphatic carbocycles. The molecular weight excluding hydrogens is 412 g/mol. The molecule has 0 spiro atoms. The molecule has 0 unspecified atom stereocenters. The van der Waals surface area contributed by atoms with E-state index >= 15 is 0 Å². The van der Waals surface area contributed by atoms with Crippen molar-refractivity contribution in [1.82, 2.24) is 39.1 Å². The highest BCUT2D eigenvalue weighted by Crippen LogP contribution is 2.23. The summed E-state index contributed by atoms with van der Waals surface area (Å²) in [7, 11) is 0. The second kappa shape index (κ2) is 7.03. The van der Waals surface area contributed by atoms with Crippen LogP contribution in [-0.2, 0) is 6.54 Å². The van der Waals surface area contributed by atoms with Crippen molar-refractivity contribution in [2.24, 2.45) is 0 Å². The first kappa shape index (κ1) is 17.8. The third kappa shape index (κ3) is 3.13. The number of aromatic nitrogens is 8. The lowest BCUT2D eigenvalue weighted by atomic mass is 10.1. The van der Waals surface area contributed by atoms with Crippen LogP contribution in [0.5, 0.6) is 0 Å². The van der Waals surface area contributed by atoms with E-state index in [1.165, 1.54) is 0 Å². The maximum atomic E-state index is 5.94. The van der Waals surface area contributed by atoms with Gasteiger partial charge in [-0.05, 0) is 17.7 Å². The van der Waals surface area contributed by atoms with Crippen LogP contribution in [0, 0.1) is 0 Å². The summed E-state index contributed by atoms with van der Waals surface area (Å²) in [6.45, 7) is 0.648. The Kier molecular flexibility index (Phi) is 4.03. The number of halogens is 1. The van der Waals surface area contributed by atoms with Gasteiger partial charge in [-0.1, -0.05) is 54.1 Å². The van der Waals surface area contributed by atoms with Crippen LogP contribution in [-0.4, -0.2) is 39.1 Å². The molecule has 0 N–H and O–H groups in total. The number of para-hydroxylation sites is 1. The number of rotatable bonds is 4. The fourth-order valence-corrected chi connectivity index (χ4v) is 3.73. The van der Waals surface area contributed by atoms with Crippen molar-refractivity contribution in [3.63, 3.8) is 0 Å². The fraction of sp³-hybridized carbons (Fsp3) is 0.0455. The van der Waals surface area contributed by atoms with Crippen molar-refractivity contribution in [2.75, 3.05) is 0 Å². The number of fused-ring (bicyclic) bond motifs is 3. The topological polar surface area (TPSA) is 78.7 Å². The summed E-state index contributed by atoms with van der Waals surface area (Å²) in [6, 6.07) is 18.0. The molecule has 6 aromatic rings. The largest absolute Gasteiger partial charge is 0.267 e. The lowest BCUT2D eigenvalue weighted by Gasteiger charge is -2.02. The molecule has 4 aromatic heterocycles. The van der Waals surface area contributed by atoms with E-state index in [-0.39, 0.29) is 0 Å². The SMILES string of the molecule is Clc1cnn(Cc2ccc(-c3nc4c5cnn(-c6ccccc6)c5ncn4n3)cc2)c1. The Morgan fingerprint density at radius 1 is 0.871 bits per heavy atom. The molecule has 0 aliphatic heterocycles. The summed E-state index contributed by atoms with van der Waals surface area (Å²) < 4.78 is 5.29. The first-order chi connectivity index (χ1) is 15.2. The lowest BCUT2D eigenvalue weighted by molar-refractivity contribution is 0.687. The van der Waals surface area contributed by atoms with Gasteiger partial charge in [-0.15, -0.1) is 5.10 Å². The molecule has 0 amide bonds. The lowest BCUT2D eigenvalue weighted by Crippen LogP contribution is -1.99. The molecule has 0 atom stereocenters. The molecule has 150 valence electrons. The van der Waals surface area contributed by atoms with Gasteiger partial charge in [0.15, 0.2) is 17.1 Å². The van der Waals surface area contributed by atoms with Crippen LogP contribution in [0.25, 0.3) is 33.8 Å². The van der Waals surface area contributed by atoms with Gasteiger partial charge in [-0.3, -0.25) is 4.68 Å². The zero-order chi connectivity index (χ0) is 20.8. The Balaban J connectivity index is 1.36. The minimum Gasteiger partial charge on any atom is -0.267 e. The van der Waals surface area contributed by atoms with E-state index in [9.17, 15) is 0 Å². The predicted octanol–water partition coefficient (Wildman–Crippen LogP) is 4.03. The summed E-state index contributed by atoms with van der Waals surface area (Å²) in [5.41, 5.74) is 4.45. The third-order valence-corrected chi connectivity index (χ3v) is 5.26. The Hall–Kier alpha value is -4.04.